The van der Waals surface area contributed by atoms with Crippen LogP contribution in [0.5, 0.6) is 5.75 Å². The zero-order valence-corrected chi connectivity index (χ0v) is 17.3. The zero-order chi connectivity index (χ0) is 21.6. The number of nitrogens with zero attached hydrogens (tertiary/aromatic N) is 4. The Morgan fingerprint density at radius 2 is 1.90 bits per heavy atom. The van der Waals surface area contributed by atoms with Crippen molar-refractivity contribution >= 4 is 50.1 Å². The van der Waals surface area contributed by atoms with Crippen LogP contribution in [0.15, 0.2) is 79.4 Å². The van der Waals surface area contributed by atoms with Crippen LogP contribution in [0.3, 0.4) is 0 Å². The van der Waals surface area contributed by atoms with Crippen LogP contribution in [0.25, 0.3) is 10.2 Å². The van der Waals surface area contributed by atoms with Crippen LogP contribution in [-0.2, 0) is 0 Å². The van der Waals surface area contributed by atoms with Crippen molar-refractivity contribution in [2.24, 2.45) is 9.50 Å². The Hall–Kier alpha value is -3.51. The fourth-order valence-electron chi connectivity index (χ4n) is 3.22. The van der Waals surface area contributed by atoms with Gasteiger partial charge in [-0.05, 0) is 41.3 Å². The number of benzene rings is 1. The van der Waals surface area contributed by atoms with Crippen molar-refractivity contribution in [3.63, 3.8) is 0 Å². The summed E-state index contributed by atoms with van der Waals surface area (Å²) in [4.78, 5) is 17.5. The first kappa shape index (κ1) is 19.5. The van der Waals surface area contributed by atoms with Crippen molar-refractivity contribution in [1.29, 1.82) is 0 Å². The first-order valence-corrected chi connectivity index (χ1v) is 11.4. The normalized spacial score (nSPS) is 16.0. The molecule has 0 aliphatic carbocycles. The standard InChI is InChI=1S/C20H15N5O4S2/c26-17-16(19-23-13-3-1-2-4-15(13)31(28,29)24-19)20(27)25(14-7-10-30-18(14)17)22-11-12-5-8-21-9-6-12/h1-11,26,28-29H,(H,23,24). The van der Waals surface area contributed by atoms with E-state index in [0.717, 1.165) is 10.2 Å². The minimum atomic E-state index is -3.56. The van der Waals surface area contributed by atoms with E-state index < -0.39 is 16.3 Å². The maximum absolute atomic E-state index is 13.4. The fraction of sp³-hybridized carbons (Fsp3) is 0. The lowest BCUT2D eigenvalue weighted by atomic mass is 10.2. The summed E-state index contributed by atoms with van der Waals surface area (Å²) in [7, 11) is -3.56. The minimum absolute atomic E-state index is 0.135. The molecule has 0 bridgehead atoms. The molecule has 31 heavy (non-hydrogen) atoms. The summed E-state index contributed by atoms with van der Waals surface area (Å²) in [6.07, 6.45) is 4.71. The maximum Gasteiger partial charge on any atom is 0.286 e. The lowest BCUT2D eigenvalue weighted by Gasteiger charge is -2.34. The average molecular weight is 454 g/mol. The molecule has 1 aromatic carbocycles. The number of hydrogen-bond acceptors (Lipinski definition) is 9. The van der Waals surface area contributed by atoms with Gasteiger partial charge in [-0.1, -0.05) is 22.9 Å². The fourth-order valence-corrected chi connectivity index (χ4v) is 5.21. The maximum atomic E-state index is 13.4. The smallest absolute Gasteiger partial charge is 0.286 e. The second-order valence-corrected chi connectivity index (χ2v) is 9.16. The Labute approximate surface area is 181 Å². The van der Waals surface area contributed by atoms with Crippen LogP contribution >= 0.6 is 22.1 Å². The largest absolute Gasteiger partial charge is 0.505 e. The molecule has 0 spiro atoms. The van der Waals surface area contributed by atoms with Crippen molar-refractivity contribution in [2.45, 2.75) is 4.90 Å². The molecule has 11 heteroatoms. The number of pyridine rings is 2. The van der Waals surface area contributed by atoms with Gasteiger partial charge in [-0.15, -0.1) is 15.7 Å². The van der Waals surface area contributed by atoms with Gasteiger partial charge in [0, 0.05) is 12.4 Å². The Bertz CT molecular complexity index is 1430. The molecule has 0 saturated carbocycles. The molecule has 156 valence electrons. The van der Waals surface area contributed by atoms with E-state index in [1.54, 1.807) is 54.2 Å². The summed E-state index contributed by atoms with van der Waals surface area (Å²) in [6.45, 7) is 0. The highest BCUT2D eigenvalue weighted by atomic mass is 32.3. The molecule has 0 fully saturated rings. The van der Waals surface area contributed by atoms with Gasteiger partial charge in [-0.25, -0.2) is 0 Å². The molecule has 9 nitrogen and oxygen atoms in total. The topological polar surface area (TPSA) is 132 Å². The van der Waals surface area contributed by atoms with Gasteiger partial charge in [-0.3, -0.25) is 18.9 Å². The van der Waals surface area contributed by atoms with Gasteiger partial charge in [0.25, 0.3) is 5.56 Å². The van der Waals surface area contributed by atoms with Crippen LogP contribution in [-0.4, -0.2) is 35.9 Å². The van der Waals surface area contributed by atoms with E-state index in [1.165, 1.54) is 23.6 Å². The monoisotopic (exact) mass is 453 g/mol. The molecule has 0 amide bonds. The number of thiophene rings is 1. The molecule has 1 aliphatic rings. The molecular formula is C20H15N5O4S2. The van der Waals surface area contributed by atoms with Gasteiger partial charge in [0.1, 0.15) is 10.5 Å². The summed E-state index contributed by atoms with van der Waals surface area (Å²) < 4.78 is 26.6. The van der Waals surface area contributed by atoms with E-state index in [2.05, 4.69) is 19.8 Å². The number of anilines is 1. The molecule has 0 unspecified atom stereocenters. The first-order chi connectivity index (χ1) is 15.0. The second kappa shape index (κ2) is 7.32. The number of fused-ring (bicyclic) bond motifs is 2. The number of amidine groups is 1. The number of rotatable bonds is 3. The Morgan fingerprint density at radius 1 is 1.13 bits per heavy atom. The number of nitrogens with one attached hydrogen (secondary N) is 1. The average Bonchev–Trinajstić information content (AvgIpc) is 3.24. The Kier molecular flexibility index (Phi) is 4.59. The first-order valence-electron chi connectivity index (χ1n) is 9.00. The molecular weight excluding hydrogens is 438 g/mol. The van der Waals surface area contributed by atoms with Crippen molar-refractivity contribution in [2.75, 3.05) is 5.32 Å². The Balaban J connectivity index is 1.71. The second-order valence-electron chi connectivity index (χ2n) is 6.58. The van der Waals surface area contributed by atoms with Gasteiger partial charge < -0.3 is 10.4 Å². The highest BCUT2D eigenvalue weighted by molar-refractivity contribution is 8.23. The predicted molar refractivity (Wildman–Crippen MR) is 123 cm³/mol. The number of aromatic nitrogens is 2. The Morgan fingerprint density at radius 3 is 2.71 bits per heavy atom. The van der Waals surface area contributed by atoms with E-state index in [9.17, 15) is 19.0 Å². The molecule has 0 atom stereocenters. The molecule has 3 aromatic heterocycles. The van der Waals surface area contributed by atoms with Crippen molar-refractivity contribution in [3.8, 4) is 5.75 Å². The van der Waals surface area contributed by atoms with Crippen LogP contribution in [0.2, 0.25) is 0 Å². The molecule has 4 heterocycles. The van der Waals surface area contributed by atoms with Crippen molar-refractivity contribution < 1.29 is 14.2 Å². The van der Waals surface area contributed by atoms with E-state index >= 15 is 0 Å². The number of para-hydroxylation sites is 1. The predicted octanol–water partition coefficient (Wildman–Crippen LogP) is 3.94. The highest BCUT2D eigenvalue weighted by Gasteiger charge is 2.30. The summed E-state index contributed by atoms with van der Waals surface area (Å²) in [5.41, 5.74) is 0.691. The van der Waals surface area contributed by atoms with E-state index in [1.807, 2.05) is 0 Å². The van der Waals surface area contributed by atoms with Gasteiger partial charge in [-0.2, -0.15) is 9.78 Å². The van der Waals surface area contributed by atoms with Crippen LogP contribution < -0.4 is 10.9 Å². The SMILES string of the molecule is O=c1c(C2=NS(O)(O)c3ccccc3N2)c(O)c2sccc2n1N=Cc1ccncc1. The van der Waals surface area contributed by atoms with Crippen LogP contribution in [0, 0.1) is 0 Å². The lowest BCUT2D eigenvalue weighted by Crippen LogP contribution is -2.30. The number of aromatic hydroxyl groups is 1. The highest BCUT2D eigenvalue weighted by Crippen LogP contribution is 2.55. The summed E-state index contributed by atoms with van der Waals surface area (Å²) in [5, 5.41) is 19.8. The quantitative estimate of drug-likeness (QED) is 0.347. The van der Waals surface area contributed by atoms with Gasteiger partial charge in [0.2, 0.25) is 0 Å². The third-order valence-corrected chi connectivity index (χ3v) is 6.94. The lowest BCUT2D eigenvalue weighted by molar-refractivity contribution is 0.479. The van der Waals surface area contributed by atoms with E-state index in [-0.39, 0.29) is 22.0 Å². The van der Waals surface area contributed by atoms with Crippen molar-refractivity contribution in [1.82, 2.24) is 9.66 Å². The third-order valence-electron chi connectivity index (χ3n) is 4.65. The number of hydrogen-bond donors (Lipinski definition) is 4. The van der Waals surface area contributed by atoms with Crippen molar-refractivity contribution in [3.05, 3.63) is 81.7 Å². The van der Waals surface area contributed by atoms with E-state index in [0.29, 0.717) is 15.9 Å². The molecule has 1 aliphatic heterocycles. The third kappa shape index (κ3) is 3.29. The summed E-state index contributed by atoms with van der Waals surface area (Å²) >= 11 is 1.23. The minimum Gasteiger partial charge on any atom is -0.505 e. The summed E-state index contributed by atoms with van der Waals surface area (Å²) in [6, 6.07) is 11.7. The van der Waals surface area contributed by atoms with Gasteiger partial charge >= 0.3 is 0 Å². The molecule has 5 rings (SSSR count). The molecule has 0 saturated heterocycles. The molecule has 4 aromatic rings. The molecule has 4 N–H and O–H groups in total. The van der Waals surface area contributed by atoms with Crippen LogP contribution in [0.1, 0.15) is 11.1 Å². The van der Waals surface area contributed by atoms with Gasteiger partial charge in [0.05, 0.1) is 22.1 Å². The molecule has 0 radical (unpaired) electrons. The van der Waals surface area contributed by atoms with E-state index in [4.69, 9.17) is 0 Å². The summed E-state index contributed by atoms with van der Waals surface area (Å²) in [5.74, 6) is -0.435. The van der Waals surface area contributed by atoms with Gasteiger partial charge in [0.15, 0.2) is 11.6 Å². The zero-order valence-electron chi connectivity index (χ0n) is 15.7. The van der Waals surface area contributed by atoms with Crippen LogP contribution in [0.4, 0.5) is 5.69 Å².